The summed E-state index contributed by atoms with van der Waals surface area (Å²) in [6.07, 6.45) is 1.99. The summed E-state index contributed by atoms with van der Waals surface area (Å²) in [6.45, 7) is 8.57. The highest BCUT2D eigenvalue weighted by molar-refractivity contribution is 9.10. The number of hydrogen-bond acceptors (Lipinski definition) is 1. The number of halogens is 2. The molecule has 0 bridgehead atoms. The minimum atomic E-state index is -0.170. The predicted molar refractivity (Wildman–Crippen MR) is 74.7 cm³/mol. The maximum atomic E-state index is 13.3. The van der Waals surface area contributed by atoms with Gasteiger partial charge in [0.1, 0.15) is 5.82 Å². The molecular weight excluding hydrogens is 281 g/mol. The Hall–Kier alpha value is -0.410. The summed E-state index contributed by atoms with van der Waals surface area (Å²) in [7, 11) is 0. The van der Waals surface area contributed by atoms with E-state index in [-0.39, 0.29) is 11.2 Å². The van der Waals surface area contributed by atoms with Crippen molar-refractivity contribution < 1.29 is 4.39 Å². The van der Waals surface area contributed by atoms with Gasteiger partial charge in [0.25, 0.3) is 0 Å². The average Bonchev–Trinajstić information content (AvgIpc) is 2.14. The van der Waals surface area contributed by atoms with Gasteiger partial charge in [-0.1, -0.05) is 36.7 Å². The van der Waals surface area contributed by atoms with Crippen LogP contribution in [0, 0.1) is 11.2 Å². The largest absolute Gasteiger partial charge is 0.317 e. The first-order chi connectivity index (χ1) is 7.93. The van der Waals surface area contributed by atoms with Crippen LogP contribution in [0.25, 0.3) is 0 Å². The summed E-state index contributed by atoms with van der Waals surface area (Å²) in [5.74, 6) is -0.170. The summed E-state index contributed by atoms with van der Waals surface area (Å²) in [5, 5.41) is 3.33. The molecular formula is C14H21BrFN. The van der Waals surface area contributed by atoms with E-state index >= 15 is 0 Å². The third kappa shape index (κ3) is 5.64. The lowest BCUT2D eigenvalue weighted by molar-refractivity contribution is 0.326. The first-order valence-corrected chi connectivity index (χ1v) is 6.88. The second-order valence-corrected chi connectivity index (χ2v) is 6.14. The Morgan fingerprint density at radius 3 is 2.59 bits per heavy atom. The Kier molecular flexibility index (Phi) is 5.60. The lowest BCUT2D eigenvalue weighted by Gasteiger charge is -2.25. The van der Waals surface area contributed by atoms with Crippen molar-refractivity contribution in [2.75, 3.05) is 13.1 Å². The Bertz CT molecular complexity index is 343. The molecule has 1 N–H and O–H groups in total. The van der Waals surface area contributed by atoms with Gasteiger partial charge in [-0.2, -0.15) is 0 Å². The normalized spacial score (nSPS) is 11.8. The fraction of sp³-hybridized carbons (Fsp3) is 0.571. The molecule has 0 spiro atoms. The van der Waals surface area contributed by atoms with Crippen molar-refractivity contribution >= 4 is 15.9 Å². The molecule has 0 amide bonds. The molecule has 0 aliphatic heterocycles. The van der Waals surface area contributed by atoms with Crippen LogP contribution in [-0.4, -0.2) is 13.1 Å². The van der Waals surface area contributed by atoms with Gasteiger partial charge in [-0.25, -0.2) is 4.39 Å². The minimum absolute atomic E-state index is 0.170. The molecule has 0 aliphatic rings. The van der Waals surface area contributed by atoms with Gasteiger partial charge in [-0.05, 0) is 55.1 Å². The van der Waals surface area contributed by atoms with E-state index in [1.807, 2.05) is 6.07 Å². The van der Waals surface area contributed by atoms with Crippen LogP contribution in [0.1, 0.15) is 32.8 Å². The third-order valence-corrected chi connectivity index (χ3v) is 3.29. The van der Waals surface area contributed by atoms with Gasteiger partial charge in [0.05, 0.1) is 0 Å². The molecule has 0 saturated heterocycles. The van der Waals surface area contributed by atoms with E-state index in [4.69, 9.17) is 0 Å². The van der Waals surface area contributed by atoms with Gasteiger partial charge in [0.15, 0.2) is 0 Å². The van der Waals surface area contributed by atoms with Crippen molar-refractivity contribution in [2.24, 2.45) is 5.41 Å². The van der Waals surface area contributed by atoms with Crippen molar-refractivity contribution in [2.45, 2.75) is 33.6 Å². The average molecular weight is 302 g/mol. The lowest BCUT2D eigenvalue weighted by atomic mass is 9.82. The zero-order valence-corrected chi connectivity index (χ0v) is 12.4. The van der Waals surface area contributed by atoms with E-state index in [2.05, 4.69) is 42.0 Å². The Labute approximate surface area is 112 Å². The Morgan fingerprint density at radius 1 is 1.29 bits per heavy atom. The first-order valence-electron chi connectivity index (χ1n) is 6.08. The molecule has 96 valence electrons. The van der Waals surface area contributed by atoms with Crippen molar-refractivity contribution in [3.8, 4) is 0 Å². The summed E-state index contributed by atoms with van der Waals surface area (Å²) in [5.41, 5.74) is 1.24. The molecule has 1 nitrogen and oxygen atoms in total. The van der Waals surface area contributed by atoms with Gasteiger partial charge in [-0.3, -0.25) is 0 Å². The topological polar surface area (TPSA) is 12.0 Å². The summed E-state index contributed by atoms with van der Waals surface area (Å²) in [6, 6.07) is 5.12. The van der Waals surface area contributed by atoms with Crippen LogP contribution in [0.2, 0.25) is 0 Å². The van der Waals surface area contributed by atoms with Crippen LogP contribution in [0.15, 0.2) is 22.7 Å². The summed E-state index contributed by atoms with van der Waals surface area (Å²) < 4.78 is 14.1. The second kappa shape index (κ2) is 6.50. The van der Waals surface area contributed by atoms with E-state index in [1.54, 1.807) is 6.07 Å². The molecule has 0 heterocycles. The van der Waals surface area contributed by atoms with Crippen LogP contribution < -0.4 is 5.32 Å². The van der Waals surface area contributed by atoms with E-state index < -0.39 is 0 Å². The van der Waals surface area contributed by atoms with Crippen molar-refractivity contribution in [1.82, 2.24) is 5.32 Å². The SMILES string of the molecule is CCNCCC(C)(C)Cc1cc(F)cc(Br)c1. The zero-order valence-electron chi connectivity index (χ0n) is 10.8. The van der Waals surface area contributed by atoms with E-state index in [1.165, 1.54) is 6.07 Å². The zero-order chi connectivity index (χ0) is 12.9. The molecule has 1 aromatic rings. The maximum Gasteiger partial charge on any atom is 0.124 e. The molecule has 0 atom stereocenters. The van der Waals surface area contributed by atoms with E-state index in [0.717, 1.165) is 36.0 Å². The van der Waals surface area contributed by atoms with Crippen molar-refractivity contribution in [3.63, 3.8) is 0 Å². The van der Waals surface area contributed by atoms with E-state index in [0.29, 0.717) is 0 Å². The first kappa shape index (κ1) is 14.7. The van der Waals surface area contributed by atoms with Crippen LogP contribution in [0.4, 0.5) is 4.39 Å². The molecule has 1 aromatic carbocycles. The fourth-order valence-corrected chi connectivity index (χ4v) is 2.47. The maximum absolute atomic E-state index is 13.3. The van der Waals surface area contributed by atoms with Crippen molar-refractivity contribution in [3.05, 3.63) is 34.1 Å². The molecule has 0 aliphatic carbocycles. The monoisotopic (exact) mass is 301 g/mol. The number of hydrogen-bond donors (Lipinski definition) is 1. The number of benzene rings is 1. The highest BCUT2D eigenvalue weighted by atomic mass is 79.9. The summed E-state index contributed by atoms with van der Waals surface area (Å²) in [4.78, 5) is 0. The molecule has 1 rings (SSSR count). The Morgan fingerprint density at radius 2 is 2.00 bits per heavy atom. The highest BCUT2D eigenvalue weighted by Crippen LogP contribution is 2.27. The van der Waals surface area contributed by atoms with Crippen LogP contribution in [0.3, 0.4) is 0 Å². The van der Waals surface area contributed by atoms with Crippen LogP contribution in [-0.2, 0) is 6.42 Å². The second-order valence-electron chi connectivity index (χ2n) is 5.22. The highest BCUT2D eigenvalue weighted by Gasteiger charge is 2.18. The molecule has 17 heavy (non-hydrogen) atoms. The van der Waals surface area contributed by atoms with Crippen LogP contribution in [0.5, 0.6) is 0 Å². The fourth-order valence-electron chi connectivity index (χ4n) is 1.96. The van der Waals surface area contributed by atoms with Gasteiger partial charge in [0.2, 0.25) is 0 Å². The Balaban J connectivity index is 2.62. The smallest absolute Gasteiger partial charge is 0.124 e. The molecule has 0 radical (unpaired) electrons. The van der Waals surface area contributed by atoms with Crippen molar-refractivity contribution in [1.29, 1.82) is 0 Å². The number of nitrogens with one attached hydrogen (secondary N) is 1. The predicted octanol–water partition coefficient (Wildman–Crippen LogP) is 4.16. The molecule has 0 unspecified atom stereocenters. The molecule has 0 fully saturated rings. The standard InChI is InChI=1S/C14H21BrFN/c1-4-17-6-5-14(2,3)10-11-7-12(15)9-13(16)8-11/h7-9,17H,4-6,10H2,1-3H3. The van der Waals surface area contributed by atoms with Gasteiger partial charge in [0, 0.05) is 4.47 Å². The van der Waals surface area contributed by atoms with Gasteiger partial charge in [-0.15, -0.1) is 0 Å². The number of rotatable bonds is 6. The van der Waals surface area contributed by atoms with E-state index in [9.17, 15) is 4.39 Å². The molecule has 0 saturated carbocycles. The third-order valence-electron chi connectivity index (χ3n) is 2.83. The minimum Gasteiger partial charge on any atom is -0.317 e. The summed E-state index contributed by atoms with van der Waals surface area (Å²) >= 11 is 3.33. The van der Waals surface area contributed by atoms with Gasteiger partial charge >= 0.3 is 0 Å². The quantitative estimate of drug-likeness (QED) is 0.778. The molecule has 3 heteroatoms. The van der Waals surface area contributed by atoms with Crippen LogP contribution >= 0.6 is 15.9 Å². The lowest BCUT2D eigenvalue weighted by Crippen LogP contribution is -2.23. The molecule has 0 aromatic heterocycles. The van der Waals surface area contributed by atoms with Gasteiger partial charge < -0.3 is 5.32 Å².